The Morgan fingerprint density at radius 1 is 1.35 bits per heavy atom. The van der Waals surface area contributed by atoms with Crippen molar-refractivity contribution in [2.24, 2.45) is 0 Å². The minimum absolute atomic E-state index is 0.0215. The summed E-state index contributed by atoms with van der Waals surface area (Å²) in [7, 11) is 1.32. The van der Waals surface area contributed by atoms with Crippen LogP contribution in [0.1, 0.15) is 51.3 Å². The lowest BCUT2D eigenvalue weighted by molar-refractivity contribution is 0.0387. The molecule has 0 radical (unpaired) electrons. The zero-order chi connectivity index (χ0) is 24.8. The van der Waals surface area contributed by atoms with E-state index in [1.165, 1.54) is 11.7 Å². The highest BCUT2D eigenvalue weighted by atomic mass is 19.1. The first-order valence-electron chi connectivity index (χ1n) is 11.2. The van der Waals surface area contributed by atoms with Crippen molar-refractivity contribution in [2.45, 2.75) is 57.3 Å². The maximum absolute atomic E-state index is 15.7. The Kier molecular flexibility index (Phi) is 6.30. The van der Waals surface area contributed by atoms with E-state index < -0.39 is 40.8 Å². The highest BCUT2D eigenvalue weighted by Gasteiger charge is 2.37. The Morgan fingerprint density at radius 3 is 2.62 bits per heavy atom. The Bertz CT molecular complexity index is 1220. The summed E-state index contributed by atoms with van der Waals surface area (Å²) in [4.78, 5) is 38.4. The van der Waals surface area contributed by atoms with E-state index in [0.717, 1.165) is 6.07 Å². The molecule has 2 aliphatic rings. The number of alkyl carbamates (subject to hydrolysis) is 1. The fraction of sp³-hybridized carbons (Fsp3) is 0.591. The first kappa shape index (κ1) is 24.0. The van der Waals surface area contributed by atoms with Gasteiger partial charge in [0.05, 0.1) is 43.4 Å². The third-order valence-corrected chi connectivity index (χ3v) is 5.80. The van der Waals surface area contributed by atoms with Crippen molar-refractivity contribution in [1.82, 2.24) is 19.9 Å². The maximum Gasteiger partial charge on any atom is 0.408 e. The number of nitrogens with one attached hydrogen (secondary N) is 2. The van der Waals surface area contributed by atoms with E-state index in [4.69, 9.17) is 20.1 Å². The number of rotatable bonds is 5. The van der Waals surface area contributed by atoms with E-state index >= 15 is 4.39 Å². The summed E-state index contributed by atoms with van der Waals surface area (Å²) in [6.07, 6.45) is 0.657. The summed E-state index contributed by atoms with van der Waals surface area (Å²) < 4.78 is 34.1. The van der Waals surface area contributed by atoms with Gasteiger partial charge in [-0.05, 0) is 39.7 Å². The van der Waals surface area contributed by atoms with Gasteiger partial charge in [-0.2, -0.15) is 4.68 Å². The lowest BCUT2D eigenvalue weighted by atomic mass is 9.95. The number of ether oxygens (including phenoxy) is 3. The molecule has 4 N–H and O–H groups in total. The molecular weight excluding hydrogens is 449 g/mol. The van der Waals surface area contributed by atoms with E-state index in [1.807, 2.05) is 0 Å². The normalized spacial score (nSPS) is 19.6. The quantitative estimate of drug-likeness (QED) is 0.538. The predicted molar refractivity (Wildman–Crippen MR) is 122 cm³/mol. The van der Waals surface area contributed by atoms with Crippen LogP contribution in [0.15, 0.2) is 15.7 Å². The van der Waals surface area contributed by atoms with Gasteiger partial charge in [0, 0.05) is 12.6 Å². The number of carbonyl (C=O) groups is 1. The van der Waals surface area contributed by atoms with Crippen LogP contribution in [0.3, 0.4) is 0 Å². The number of nitrogens with zero attached hydrogens (tertiary/aromatic N) is 2. The van der Waals surface area contributed by atoms with Crippen LogP contribution in [-0.2, 0) is 9.47 Å². The summed E-state index contributed by atoms with van der Waals surface area (Å²) in [5, 5.41) is 5.86. The van der Waals surface area contributed by atoms with Crippen molar-refractivity contribution in [3.05, 3.63) is 38.3 Å². The lowest BCUT2D eigenvalue weighted by Gasteiger charge is -2.34. The number of methoxy groups -OCH3 is 1. The van der Waals surface area contributed by atoms with E-state index in [1.54, 1.807) is 20.8 Å². The van der Waals surface area contributed by atoms with Crippen molar-refractivity contribution in [1.29, 1.82) is 0 Å². The fourth-order valence-electron chi connectivity index (χ4n) is 4.24. The molecule has 1 aromatic heterocycles. The van der Waals surface area contributed by atoms with Crippen molar-refractivity contribution >= 4 is 17.0 Å². The molecule has 1 saturated heterocycles. The molecule has 186 valence electrons. The third-order valence-electron chi connectivity index (χ3n) is 5.80. The van der Waals surface area contributed by atoms with Gasteiger partial charge in [0.1, 0.15) is 16.9 Å². The van der Waals surface area contributed by atoms with Crippen molar-refractivity contribution in [3.63, 3.8) is 0 Å². The minimum atomic E-state index is -0.988. The molecule has 2 aromatic rings. The number of nitrogen functional groups attached to an aromatic ring is 1. The Hall–Kier alpha value is -3.12. The molecule has 0 spiro atoms. The molecule has 1 amide bonds. The molecule has 1 aliphatic carbocycles. The van der Waals surface area contributed by atoms with Crippen LogP contribution in [0, 0.1) is 5.82 Å². The van der Waals surface area contributed by atoms with Crippen molar-refractivity contribution < 1.29 is 23.4 Å². The highest BCUT2D eigenvalue weighted by Crippen LogP contribution is 2.41. The zero-order valence-electron chi connectivity index (χ0n) is 19.6. The molecule has 0 bridgehead atoms. The standard InChI is InChI=1S/C22H30FN5O6/c1-22(2,3)34-20(30)26-16(14-10-33-8-7-25-14)15-13(23)9-12-17(18(15)32-4)27(11-5-6-11)21(31)28(24)19(12)29/h9,11,14,16,25H,5-8,10,24H2,1-4H3,(H,26,30). The van der Waals surface area contributed by atoms with Gasteiger partial charge in [0.25, 0.3) is 5.56 Å². The van der Waals surface area contributed by atoms with Crippen molar-refractivity contribution in [2.75, 3.05) is 32.7 Å². The van der Waals surface area contributed by atoms with E-state index in [-0.39, 0.29) is 34.9 Å². The number of amides is 1. The maximum atomic E-state index is 15.7. The number of fused-ring (bicyclic) bond motifs is 1. The SMILES string of the molecule is COc1c(C(NC(=O)OC(C)(C)C)C2COCCN2)c(F)cc2c(=O)n(N)c(=O)n(C3CC3)c12. The monoisotopic (exact) mass is 479 g/mol. The Labute approximate surface area is 194 Å². The number of halogens is 1. The minimum Gasteiger partial charge on any atom is -0.494 e. The topological polar surface area (TPSA) is 139 Å². The van der Waals surface area contributed by atoms with Crippen LogP contribution >= 0.6 is 0 Å². The molecule has 12 heteroatoms. The number of carbonyl (C=O) groups excluding carboxylic acids is 1. The molecular formula is C22H30FN5O6. The average molecular weight is 480 g/mol. The van der Waals surface area contributed by atoms with Gasteiger partial charge in [-0.1, -0.05) is 0 Å². The Morgan fingerprint density at radius 2 is 2.06 bits per heavy atom. The number of nitrogens with two attached hydrogens (primary N) is 1. The van der Waals surface area contributed by atoms with Crippen LogP contribution in [0.4, 0.5) is 9.18 Å². The molecule has 2 fully saturated rings. The molecule has 2 heterocycles. The molecule has 2 atom stereocenters. The summed E-state index contributed by atoms with van der Waals surface area (Å²) in [5.41, 5.74) is -2.21. The third kappa shape index (κ3) is 4.47. The second kappa shape index (κ2) is 8.91. The van der Waals surface area contributed by atoms with Gasteiger partial charge in [-0.3, -0.25) is 9.36 Å². The van der Waals surface area contributed by atoms with E-state index in [2.05, 4.69) is 10.6 Å². The summed E-state index contributed by atoms with van der Waals surface area (Å²) in [5.74, 6) is 4.88. The fourth-order valence-corrected chi connectivity index (χ4v) is 4.24. The van der Waals surface area contributed by atoms with Crippen LogP contribution in [0.5, 0.6) is 5.75 Å². The van der Waals surface area contributed by atoms with Gasteiger partial charge in [0.15, 0.2) is 5.75 Å². The van der Waals surface area contributed by atoms with Gasteiger partial charge < -0.3 is 30.7 Å². The number of aromatic nitrogens is 2. The van der Waals surface area contributed by atoms with Crippen molar-refractivity contribution in [3.8, 4) is 5.75 Å². The van der Waals surface area contributed by atoms with Gasteiger partial charge in [-0.25, -0.2) is 14.0 Å². The average Bonchev–Trinajstić information content (AvgIpc) is 3.61. The molecule has 4 rings (SSSR count). The predicted octanol–water partition coefficient (Wildman–Crippen LogP) is 0.914. The van der Waals surface area contributed by atoms with Crippen LogP contribution in [-0.4, -0.2) is 53.8 Å². The second-order valence-corrected chi connectivity index (χ2v) is 9.52. The van der Waals surface area contributed by atoms with Crippen LogP contribution in [0.25, 0.3) is 10.9 Å². The summed E-state index contributed by atoms with van der Waals surface area (Å²) >= 11 is 0. The number of benzene rings is 1. The zero-order valence-corrected chi connectivity index (χ0v) is 19.6. The Balaban J connectivity index is 1.95. The summed E-state index contributed by atoms with van der Waals surface area (Å²) in [6, 6.07) is -0.674. The molecule has 34 heavy (non-hydrogen) atoms. The van der Waals surface area contributed by atoms with Gasteiger partial charge in [-0.15, -0.1) is 0 Å². The van der Waals surface area contributed by atoms with Gasteiger partial charge in [0.2, 0.25) is 0 Å². The highest BCUT2D eigenvalue weighted by molar-refractivity contribution is 5.87. The summed E-state index contributed by atoms with van der Waals surface area (Å²) in [6.45, 7) is 6.28. The smallest absolute Gasteiger partial charge is 0.408 e. The lowest BCUT2D eigenvalue weighted by Crippen LogP contribution is -2.51. The van der Waals surface area contributed by atoms with Crippen LogP contribution in [0.2, 0.25) is 0 Å². The largest absolute Gasteiger partial charge is 0.494 e. The number of morpholine rings is 1. The first-order valence-corrected chi connectivity index (χ1v) is 11.2. The van der Waals surface area contributed by atoms with E-state index in [0.29, 0.717) is 30.7 Å². The van der Waals surface area contributed by atoms with Crippen LogP contribution < -0.4 is 32.5 Å². The molecule has 1 saturated carbocycles. The molecule has 11 nitrogen and oxygen atoms in total. The van der Waals surface area contributed by atoms with E-state index in [9.17, 15) is 14.4 Å². The van der Waals surface area contributed by atoms with Gasteiger partial charge >= 0.3 is 11.8 Å². The molecule has 2 unspecified atom stereocenters. The molecule has 1 aliphatic heterocycles. The second-order valence-electron chi connectivity index (χ2n) is 9.52. The number of hydrogen-bond donors (Lipinski definition) is 3. The number of hydrogen-bond acceptors (Lipinski definition) is 8. The first-order chi connectivity index (χ1) is 16.0. The molecule has 1 aromatic carbocycles.